The SMILES string of the molecule is CCCCn1c(SC(C(=O)N(C)C)c2ccccc2)n[nH]c1=O. The summed E-state index contributed by atoms with van der Waals surface area (Å²) < 4.78 is 1.60. The summed E-state index contributed by atoms with van der Waals surface area (Å²) in [5.41, 5.74) is 0.666. The van der Waals surface area contributed by atoms with Crippen LogP contribution in [0, 0.1) is 0 Å². The van der Waals surface area contributed by atoms with Crippen LogP contribution in [-0.4, -0.2) is 39.7 Å². The molecule has 0 aliphatic carbocycles. The Bertz CT molecular complexity index is 694. The van der Waals surface area contributed by atoms with Crippen molar-refractivity contribution in [3.05, 3.63) is 46.4 Å². The van der Waals surface area contributed by atoms with Gasteiger partial charge in [0.05, 0.1) is 0 Å². The molecule has 0 aliphatic rings. The van der Waals surface area contributed by atoms with E-state index in [0.717, 1.165) is 18.4 Å². The minimum Gasteiger partial charge on any atom is -0.348 e. The minimum atomic E-state index is -0.429. The van der Waals surface area contributed by atoms with Crippen molar-refractivity contribution in [3.8, 4) is 0 Å². The fraction of sp³-hybridized carbons (Fsp3) is 0.438. The van der Waals surface area contributed by atoms with Crippen molar-refractivity contribution >= 4 is 17.7 Å². The summed E-state index contributed by atoms with van der Waals surface area (Å²) in [5.74, 6) is -0.0290. The van der Waals surface area contributed by atoms with Gasteiger partial charge in [0.15, 0.2) is 5.16 Å². The second-order valence-electron chi connectivity index (χ2n) is 5.46. The van der Waals surface area contributed by atoms with Crippen molar-refractivity contribution in [1.29, 1.82) is 0 Å². The molecule has 1 amide bonds. The first-order valence-corrected chi connectivity index (χ1v) is 8.50. The summed E-state index contributed by atoms with van der Waals surface area (Å²) in [7, 11) is 3.46. The molecule has 0 saturated carbocycles. The molecule has 1 unspecified atom stereocenters. The molecule has 1 N–H and O–H groups in total. The number of hydrogen-bond donors (Lipinski definition) is 1. The number of carbonyl (C=O) groups is 1. The lowest BCUT2D eigenvalue weighted by molar-refractivity contribution is -0.128. The number of nitrogens with zero attached hydrogens (tertiary/aromatic N) is 3. The first-order chi connectivity index (χ1) is 11.0. The van der Waals surface area contributed by atoms with Gasteiger partial charge in [-0.1, -0.05) is 55.4 Å². The first kappa shape index (κ1) is 17.3. The normalized spacial score (nSPS) is 12.1. The topological polar surface area (TPSA) is 71.0 Å². The van der Waals surface area contributed by atoms with Crippen LogP contribution in [-0.2, 0) is 11.3 Å². The molecule has 1 atom stereocenters. The lowest BCUT2D eigenvalue weighted by Crippen LogP contribution is -2.27. The quantitative estimate of drug-likeness (QED) is 0.789. The Labute approximate surface area is 139 Å². The zero-order chi connectivity index (χ0) is 16.8. The molecule has 1 aromatic carbocycles. The predicted octanol–water partition coefficient (Wildman–Crippen LogP) is 2.29. The number of unbranched alkanes of at least 4 members (excludes halogenated alkanes) is 1. The highest BCUT2D eigenvalue weighted by atomic mass is 32.2. The maximum atomic E-state index is 12.6. The van der Waals surface area contributed by atoms with Crippen molar-refractivity contribution < 1.29 is 4.79 Å². The van der Waals surface area contributed by atoms with Crippen LogP contribution in [0.3, 0.4) is 0 Å². The lowest BCUT2D eigenvalue weighted by Gasteiger charge is -2.20. The number of aromatic nitrogens is 3. The Balaban J connectivity index is 2.32. The van der Waals surface area contributed by atoms with Crippen LogP contribution in [0.5, 0.6) is 0 Å². The van der Waals surface area contributed by atoms with E-state index in [-0.39, 0.29) is 11.6 Å². The number of rotatable bonds is 7. The van der Waals surface area contributed by atoms with Gasteiger partial charge in [0.25, 0.3) is 0 Å². The van der Waals surface area contributed by atoms with Gasteiger partial charge in [-0.3, -0.25) is 9.36 Å². The molecule has 1 aromatic heterocycles. The first-order valence-electron chi connectivity index (χ1n) is 7.62. The molecule has 7 heteroatoms. The van der Waals surface area contributed by atoms with Crippen molar-refractivity contribution in [2.45, 2.75) is 36.7 Å². The van der Waals surface area contributed by atoms with Crippen LogP contribution < -0.4 is 5.69 Å². The molecule has 0 saturated heterocycles. The Morgan fingerprint density at radius 1 is 1.35 bits per heavy atom. The average Bonchev–Trinajstić information content (AvgIpc) is 2.90. The van der Waals surface area contributed by atoms with Crippen molar-refractivity contribution in [1.82, 2.24) is 19.7 Å². The highest BCUT2D eigenvalue weighted by Crippen LogP contribution is 2.34. The third-order valence-corrected chi connectivity index (χ3v) is 4.68. The van der Waals surface area contributed by atoms with E-state index < -0.39 is 5.25 Å². The molecule has 0 radical (unpaired) electrons. The Kier molecular flexibility index (Phi) is 6.04. The maximum absolute atomic E-state index is 12.6. The smallest absolute Gasteiger partial charge is 0.343 e. The number of nitrogens with one attached hydrogen (secondary N) is 1. The molecular formula is C16H22N4O2S. The van der Waals surface area contributed by atoms with Crippen molar-refractivity contribution in [2.75, 3.05) is 14.1 Å². The van der Waals surface area contributed by atoms with Gasteiger partial charge in [0.1, 0.15) is 5.25 Å². The molecular weight excluding hydrogens is 312 g/mol. The summed E-state index contributed by atoms with van der Waals surface area (Å²) >= 11 is 1.31. The molecule has 124 valence electrons. The molecule has 0 aliphatic heterocycles. The molecule has 0 bridgehead atoms. The van der Waals surface area contributed by atoms with E-state index in [2.05, 4.69) is 17.1 Å². The highest BCUT2D eigenvalue weighted by Gasteiger charge is 2.26. The molecule has 23 heavy (non-hydrogen) atoms. The van der Waals surface area contributed by atoms with Gasteiger partial charge < -0.3 is 4.90 Å². The number of aromatic amines is 1. The third kappa shape index (κ3) is 4.25. The van der Waals surface area contributed by atoms with E-state index in [1.807, 2.05) is 30.3 Å². The number of benzene rings is 1. The van der Waals surface area contributed by atoms with Crippen LogP contribution in [0.25, 0.3) is 0 Å². The van der Waals surface area contributed by atoms with E-state index in [1.165, 1.54) is 11.8 Å². The van der Waals surface area contributed by atoms with Gasteiger partial charge in [-0.2, -0.15) is 0 Å². The van der Waals surface area contributed by atoms with Gasteiger partial charge in [0.2, 0.25) is 5.91 Å². The van der Waals surface area contributed by atoms with Crippen molar-refractivity contribution in [3.63, 3.8) is 0 Å². The fourth-order valence-electron chi connectivity index (χ4n) is 2.14. The van der Waals surface area contributed by atoms with Gasteiger partial charge >= 0.3 is 5.69 Å². The molecule has 2 aromatic rings. The van der Waals surface area contributed by atoms with E-state index >= 15 is 0 Å². The maximum Gasteiger partial charge on any atom is 0.343 e. The summed E-state index contributed by atoms with van der Waals surface area (Å²) in [6, 6.07) is 9.55. The number of hydrogen-bond acceptors (Lipinski definition) is 4. The molecule has 0 fully saturated rings. The van der Waals surface area contributed by atoms with E-state index in [1.54, 1.807) is 23.6 Å². The average molecular weight is 334 g/mol. The third-order valence-electron chi connectivity index (χ3n) is 3.45. The molecule has 2 rings (SSSR count). The summed E-state index contributed by atoms with van der Waals surface area (Å²) in [4.78, 5) is 26.0. The zero-order valence-corrected chi connectivity index (χ0v) is 14.5. The molecule has 0 spiro atoms. The number of H-pyrrole nitrogens is 1. The zero-order valence-electron chi connectivity index (χ0n) is 13.7. The van der Waals surface area contributed by atoms with E-state index in [0.29, 0.717) is 11.7 Å². The standard InChI is InChI=1S/C16H22N4O2S/c1-4-5-11-20-15(22)17-18-16(20)23-13(14(21)19(2)3)12-9-7-6-8-10-12/h6-10,13H,4-5,11H2,1-3H3,(H,17,22). The van der Waals surface area contributed by atoms with Gasteiger partial charge in [-0.05, 0) is 12.0 Å². The second-order valence-corrected chi connectivity index (χ2v) is 6.53. The van der Waals surface area contributed by atoms with E-state index in [9.17, 15) is 9.59 Å². The second kappa shape index (κ2) is 8.01. The van der Waals surface area contributed by atoms with Crippen molar-refractivity contribution in [2.24, 2.45) is 0 Å². The summed E-state index contributed by atoms with van der Waals surface area (Å²) in [5, 5.41) is 6.70. The van der Waals surface area contributed by atoms with Gasteiger partial charge in [-0.15, -0.1) is 5.10 Å². The van der Waals surface area contributed by atoms with Gasteiger partial charge in [-0.25, -0.2) is 9.89 Å². The number of thioether (sulfide) groups is 1. The Morgan fingerprint density at radius 3 is 2.65 bits per heavy atom. The number of likely N-dealkylation sites (N-methyl/N-ethyl adjacent to an activating group) is 1. The monoisotopic (exact) mass is 334 g/mol. The fourth-order valence-corrected chi connectivity index (χ4v) is 3.35. The Hall–Kier alpha value is -2.02. The van der Waals surface area contributed by atoms with Crippen LogP contribution in [0.15, 0.2) is 40.3 Å². The minimum absolute atomic E-state index is 0.0290. The summed E-state index contributed by atoms with van der Waals surface area (Å²) in [6.07, 6.45) is 1.88. The van der Waals surface area contributed by atoms with Crippen LogP contribution in [0.1, 0.15) is 30.6 Å². The van der Waals surface area contributed by atoms with Crippen LogP contribution in [0.4, 0.5) is 0 Å². The van der Waals surface area contributed by atoms with E-state index in [4.69, 9.17) is 0 Å². The number of amides is 1. The Morgan fingerprint density at radius 2 is 2.04 bits per heavy atom. The molecule has 6 nitrogen and oxygen atoms in total. The largest absolute Gasteiger partial charge is 0.348 e. The van der Waals surface area contributed by atoms with Gasteiger partial charge in [0, 0.05) is 20.6 Å². The lowest BCUT2D eigenvalue weighted by atomic mass is 10.1. The van der Waals surface area contributed by atoms with Crippen LogP contribution >= 0.6 is 11.8 Å². The predicted molar refractivity (Wildman–Crippen MR) is 91.5 cm³/mol. The molecule has 1 heterocycles. The summed E-state index contributed by atoms with van der Waals surface area (Å²) in [6.45, 7) is 2.67. The number of carbonyl (C=O) groups excluding carboxylic acids is 1. The van der Waals surface area contributed by atoms with Crippen LogP contribution in [0.2, 0.25) is 0 Å². The highest BCUT2D eigenvalue weighted by molar-refractivity contribution is 8.00.